The Morgan fingerprint density at radius 3 is 2.67 bits per heavy atom. The molecule has 0 aromatic rings. The van der Waals surface area contributed by atoms with Crippen molar-refractivity contribution in [2.45, 2.75) is 58.3 Å². The van der Waals surface area contributed by atoms with Crippen molar-refractivity contribution in [1.82, 2.24) is 0 Å². The maximum Gasteiger partial charge on any atom is 0.309 e. The lowest BCUT2D eigenvalue weighted by Crippen LogP contribution is -2.36. The Bertz CT molecular complexity index is 249. The molecule has 0 aliphatic heterocycles. The smallest absolute Gasteiger partial charge is 0.309 e. The van der Waals surface area contributed by atoms with Gasteiger partial charge in [-0.3, -0.25) is 4.79 Å². The molecule has 2 heteroatoms. The average Bonchev–Trinajstić information content (AvgIpc) is 2.78. The van der Waals surface area contributed by atoms with E-state index in [9.17, 15) is 9.90 Å². The van der Waals surface area contributed by atoms with E-state index in [-0.39, 0.29) is 5.41 Å². The molecule has 0 spiro atoms. The Kier molecular flexibility index (Phi) is 3.03. The van der Waals surface area contributed by atoms with Crippen molar-refractivity contribution in [3.63, 3.8) is 0 Å². The third-order valence-corrected chi connectivity index (χ3v) is 4.63. The first-order chi connectivity index (χ1) is 7.19. The van der Waals surface area contributed by atoms with Gasteiger partial charge in [0, 0.05) is 0 Å². The van der Waals surface area contributed by atoms with E-state index in [2.05, 4.69) is 6.92 Å². The molecule has 0 amide bonds. The second kappa shape index (κ2) is 4.15. The van der Waals surface area contributed by atoms with Gasteiger partial charge in [-0.2, -0.15) is 0 Å². The zero-order valence-corrected chi connectivity index (χ0v) is 9.67. The highest BCUT2D eigenvalue weighted by molar-refractivity contribution is 5.75. The van der Waals surface area contributed by atoms with Gasteiger partial charge in [0.25, 0.3) is 0 Å². The van der Waals surface area contributed by atoms with Gasteiger partial charge in [-0.05, 0) is 37.5 Å². The number of carboxylic acids is 1. The molecule has 0 saturated heterocycles. The van der Waals surface area contributed by atoms with Gasteiger partial charge >= 0.3 is 5.97 Å². The summed E-state index contributed by atoms with van der Waals surface area (Å²) >= 11 is 0. The Labute approximate surface area is 92.1 Å². The molecule has 86 valence electrons. The molecule has 0 aromatic carbocycles. The summed E-state index contributed by atoms with van der Waals surface area (Å²) in [6.45, 7) is 2.17. The summed E-state index contributed by atoms with van der Waals surface area (Å²) in [6, 6.07) is 0. The first kappa shape index (κ1) is 11.0. The average molecular weight is 210 g/mol. The molecule has 2 bridgehead atoms. The SMILES string of the molecule is CCCCCC1(C(=O)O)CC2CCC1C2. The van der Waals surface area contributed by atoms with Crippen LogP contribution in [0.1, 0.15) is 58.3 Å². The maximum atomic E-state index is 11.5. The number of aliphatic carboxylic acids is 1. The van der Waals surface area contributed by atoms with Gasteiger partial charge in [0.05, 0.1) is 5.41 Å². The van der Waals surface area contributed by atoms with Crippen LogP contribution in [0.15, 0.2) is 0 Å². The van der Waals surface area contributed by atoms with E-state index in [1.165, 1.54) is 32.1 Å². The van der Waals surface area contributed by atoms with Crippen LogP contribution in [0, 0.1) is 17.3 Å². The van der Waals surface area contributed by atoms with Crippen molar-refractivity contribution < 1.29 is 9.90 Å². The minimum Gasteiger partial charge on any atom is -0.481 e. The summed E-state index contributed by atoms with van der Waals surface area (Å²) in [5.74, 6) is 0.718. The van der Waals surface area contributed by atoms with Crippen LogP contribution in [0.25, 0.3) is 0 Å². The summed E-state index contributed by atoms with van der Waals surface area (Å²) in [6.07, 6.45) is 9.02. The third-order valence-electron chi connectivity index (χ3n) is 4.63. The van der Waals surface area contributed by atoms with E-state index in [1.807, 2.05) is 0 Å². The summed E-state index contributed by atoms with van der Waals surface area (Å²) in [4.78, 5) is 11.5. The third kappa shape index (κ3) is 1.79. The fraction of sp³-hybridized carbons (Fsp3) is 0.923. The monoisotopic (exact) mass is 210 g/mol. The Hall–Kier alpha value is -0.530. The molecule has 0 heterocycles. The largest absolute Gasteiger partial charge is 0.481 e. The lowest BCUT2D eigenvalue weighted by atomic mass is 9.70. The molecule has 2 saturated carbocycles. The van der Waals surface area contributed by atoms with Gasteiger partial charge < -0.3 is 5.11 Å². The molecular formula is C13H22O2. The fourth-order valence-electron chi connectivity index (χ4n) is 3.81. The molecule has 2 aliphatic rings. The quantitative estimate of drug-likeness (QED) is 0.706. The van der Waals surface area contributed by atoms with Crippen molar-refractivity contribution in [3.05, 3.63) is 0 Å². The van der Waals surface area contributed by atoms with Crippen LogP contribution in [-0.4, -0.2) is 11.1 Å². The molecule has 15 heavy (non-hydrogen) atoms. The second-order valence-electron chi connectivity index (χ2n) is 5.50. The summed E-state index contributed by atoms with van der Waals surface area (Å²) in [5, 5.41) is 9.49. The van der Waals surface area contributed by atoms with Crippen molar-refractivity contribution >= 4 is 5.97 Å². The number of fused-ring (bicyclic) bond motifs is 2. The van der Waals surface area contributed by atoms with Crippen molar-refractivity contribution in [1.29, 1.82) is 0 Å². The van der Waals surface area contributed by atoms with Crippen LogP contribution in [-0.2, 0) is 4.79 Å². The van der Waals surface area contributed by atoms with Crippen LogP contribution < -0.4 is 0 Å². The van der Waals surface area contributed by atoms with Crippen LogP contribution in [0.5, 0.6) is 0 Å². The van der Waals surface area contributed by atoms with Gasteiger partial charge in [0.15, 0.2) is 0 Å². The Morgan fingerprint density at radius 2 is 2.20 bits per heavy atom. The minimum absolute atomic E-state index is 0.321. The summed E-state index contributed by atoms with van der Waals surface area (Å²) in [7, 11) is 0. The van der Waals surface area contributed by atoms with Crippen LogP contribution in [0.2, 0.25) is 0 Å². The number of hydrogen-bond acceptors (Lipinski definition) is 1. The van der Waals surface area contributed by atoms with Crippen molar-refractivity contribution in [2.24, 2.45) is 17.3 Å². The van der Waals surface area contributed by atoms with Crippen molar-refractivity contribution in [2.75, 3.05) is 0 Å². The molecule has 0 aromatic heterocycles. The van der Waals surface area contributed by atoms with E-state index < -0.39 is 5.97 Å². The topological polar surface area (TPSA) is 37.3 Å². The van der Waals surface area contributed by atoms with Crippen LogP contribution in [0.3, 0.4) is 0 Å². The molecule has 2 fully saturated rings. The maximum absolute atomic E-state index is 11.5. The van der Waals surface area contributed by atoms with E-state index in [0.717, 1.165) is 25.2 Å². The van der Waals surface area contributed by atoms with Gasteiger partial charge in [0.2, 0.25) is 0 Å². The lowest BCUT2D eigenvalue weighted by Gasteiger charge is -2.33. The zero-order chi connectivity index (χ0) is 10.9. The molecule has 3 atom stereocenters. The number of carbonyl (C=O) groups is 1. The van der Waals surface area contributed by atoms with Gasteiger partial charge in [-0.1, -0.05) is 32.6 Å². The molecular weight excluding hydrogens is 188 g/mol. The molecule has 2 rings (SSSR count). The number of unbranched alkanes of at least 4 members (excludes halogenated alkanes) is 2. The van der Waals surface area contributed by atoms with Gasteiger partial charge in [-0.15, -0.1) is 0 Å². The molecule has 2 aliphatic carbocycles. The highest BCUT2D eigenvalue weighted by Crippen LogP contribution is 2.58. The Balaban J connectivity index is 2.02. The second-order valence-corrected chi connectivity index (χ2v) is 5.50. The normalized spacial score (nSPS) is 38.5. The first-order valence-electron chi connectivity index (χ1n) is 6.42. The molecule has 1 N–H and O–H groups in total. The first-order valence-corrected chi connectivity index (χ1v) is 6.42. The standard InChI is InChI=1S/C13H22O2/c1-2-3-4-7-13(12(14)15)9-10-5-6-11(13)8-10/h10-11H,2-9H2,1H3,(H,14,15). The number of hydrogen-bond donors (Lipinski definition) is 1. The Morgan fingerprint density at radius 1 is 1.40 bits per heavy atom. The molecule has 3 unspecified atom stereocenters. The molecule has 2 nitrogen and oxygen atoms in total. The number of rotatable bonds is 5. The van der Waals surface area contributed by atoms with E-state index >= 15 is 0 Å². The predicted octanol–water partition coefficient (Wildman–Crippen LogP) is 3.46. The fourth-order valence-corrected chi connectivity index (χ4v) is 3.81. The predicted molar refractivity (Wildman–Crippen MR) is 59.7 cm³/mol. The van der Waals surface area contributed by atoms with Crippen LogP contribution in [0.4, 0.5) is 0 Å². The number of carboxylic acid groups (broad SMARTS) is 1. The van der Waals surface area contributed by atoms with Crippen molar-refractivity contribution in [3.8, 4) is 0 Å². The summed E-state index contributed by atoms with van der Waals surface area (Å²) in [5.41, 5.74) is -0.321. The van der Waals surface area contributed by atoms with E-state index in [4.69, 9.17) is 0 Å². The van der Waals surface area contributed by atoms with E-state index in [0.29, 0.717) is 5.92 Å². The van der Waals surface area contributed by atoms with Gasteiger partial charge in [-0.25, -0.2) is 0 Å². The molecule has 0 radical (unpaired) electrons. The summed E-state index contributed by atoms with van der Waals surface area (Å²) < 4.78 is 0. The van der Waals surface area contributed by atoms with E-state index in [1.54, 1.807) is 0 Å². The van der Waals surface area contributed by atoms with Crippen LogP contribution >= 0.6 is 0 Å². The minimum atomic E-state index is -0.509. The lowest BCUT2D eigenvalue weighted by molar-refractivity contribution is -0.153. The van der Waals surface area contributed by atoms with Gasteiger partial charge in [0.1, 0.15) is 0 Å². The zero-order valence-electron chi connectivity index (χ0n) is 9.67. The highest BCUT2D eigenvalue weighted by Gasteiger charge is 2.54. The highest BCUT2D eigenvalue weighted by atomic mass is 16.4.